The van der Waals surface area contributed by atoms with Crippen LogP contribution in [-0.4, -0.2) is 23.0 Å². The Kier molecular flexibility index (Phi) is 3.35. The zero-order chi connectivity index (χ0) is 14.3. The smallest absolute Gasteiger partial charge is 0.328 e. The van der Waals surface area contributed by atoms with E-state index in [4.69, 9.17) is 5.11 Å². The number of hydrogen-bond acceptors (Lipinski definition) is 2. The zero-order valence-corrected chi connectivity index (χ0v) is 12.0. The van der Waals surface area contributed by atoms with Gasteiger partial charge in [-0.15, -0.1) is 0 Å². The van der Waals surface area contributed by atoms with E-state index >= 15 is 0 Å². The molecule has 4 aliphatic carbocycles. The summed E-state index contributed by atoms with van der Waals surface area (Å²) in [7, 11) is 0. The summed E-state index contributed by atoms with van der Waals surface area (Å²) >= 11 is 0. The fourth-order valence-electron chi connectivity index (χ4n) is 5.27. The van der Waals surface area contributed by atoms with Gasteiger partial charge in [-0.1, -0.05) is 0 Å². The molecule has 4 bridgehead atoms. The molecule has 0 spiro atoms. The van der Waals surface area contributed by atoms with Crippen LogP contribution in [0.25, 0.3) is 0 Å². The third-order valence-corrected chi connectivity index (χ3v) is 5.74. The van der Waals surface area contributed by atoms with Crippen LogP contribution in [0.5, 0.6) is 0 Å². The average molecular weight is 277 g/mol. The molecule has 4 rings (SSSR count). The van der Waals surface area contributed by atoms with Crippen LogP contribution in [-0.2, 0) is 9.59 Å². The summed E-state index contributed by atoms with van der Waals surface area (Å²) in [6, 6.07) is 0.141. The molecule has 0 saturated heterocycles. The highest BCUT2D eigenvalue weighted by atomic mass is 16.4. The van der Waals surface area contributed by atoms with Crippen molar-refractivity contribution >= 4 is 11.9 Å². The van der Waals surface area contributed by atoms with Gasteiger partial charge < -0.3 is 10.4 Å². The standard InChI is InChI=1S/C16H23NO3/c1-10(17-14(18)2-3-15(19)20)16-7-11-4-12(8-16)6-13(5-11)9-16/h2-3,10-13H,4-9H2,1H3,(H,17,18)(H,19,20)/b3-2-/t10-,11?,12?,13?,16?/m1/s1. The van der Waals surface area contributed by atoms with E-state index in [2.05, 4.69) is 12.2 Å². The largest absolute Gasteiger partial charge is 0.478 e. The van der Waals surface area contributed by atoms with Gasteiger partial charge in [0.2, 0.25) is 5.91 Å². The van der Waals surface area contributed by atoms with E-state index in [-0.39, 0.29) is 17.4 Å². The van der Waals surface area contributed by atoms with Gasteiger partial charge in [-0.3, -0.25) is 4.79 Å². The summed E-state index contributed by atoms with van der Waals surface area (Å²) in [4.78, 5) is 22.2. The molecule has 2 N–H and O–H groups in total. The quantitative estimate of drug-likeness (QED) is 0.775. The number of carbonyl (C=O) groups is 2. The Labute approximate surface area is 119 Å². The minimum absolute atomic E-state index is 0.141. The highest BCUT2D eigenvalue weighted by Gasteiger charge is 2.53. The molecule has 110 valence electrons. The molecule has 4 nitrogen and oxygen atoms in total. The molecule has 0 heterocycles. The summed E-state index contributed by atoms with van der Waals surface area (Å²) < 4.78 is 0. The second-order valence-corrected chi connectivity index (χ2v) is 7.18. The Hall–Kier alpha value is -1.32. The number of amides is 1. The summed E-state index contributed by atoms with van der Waals surface area (Å²) in [5, 5.41) is 11.6. The fraction of sp³-hybridized carbons (Fsp3) is 0.750. The molecule has 4 fully saturated rings. The highest BCUT2D eigenvalue weighted by Crippen LogP contribution is 2.61. The van der Waals surface area contributed by atoms with Gasteiger partial charge in [0.25, 0.3) is 0 Å². The number of aliphatic carboxylic acids is 1. The molecule has 1 atom stereocenters. The first kappa shape index (κ1) is 13.7. The topological polar surface area (TPSA) is 66.4 Å². The summed E-state index contributed by atoms with van der Waals surface area (Å²) in [5.74, 6) is 1.21. The zero-order valence-electron chi connectivity index (χ0n) is 12.0. The lowest BCUT2D eigenvalue weighted by Crippen LogP contribution is -2.55. The normalized spacial score (nSPS) is 40.0. The van der Waals surface area contributed by atoms with Gasteiger partial charge >= 0.3 is 5.97 Å². The Morgan fingerprint density at radius 1 is 1.10 bits per heavy atom. The van der Waals surface area contributed by atoms with Crippen LogP contribution in [0.2, 0.25) is 0 Å². The van der Waals surface area contributed by atoms with E-state index in [1.54, 1.807) is 0 Å². The number of carboxylic acids is 1. The molecule has 0 aliphatic heterocycles. The van der Waals surface area contributed by atoms with Crippen molar-refractivity contribution in [2.75, 3.05) is 0 Å². The lowest BCUT2D eigenvalue weighted by molar-refractivity contribution is -0.131. The molecule has 1 amide bonds. The van der Waals surface area contributed by atoms with Gasteiger partial charge in [0.1, 0.15) is 0 Å². The molecule has 0 aromatic rings. The minimum Gasteiger partial charge on any atom is -0.478 e. The van der Waals surface area contributed by atoms with Gasteiger partial charge in [-0.25, -0.2) is 4.79 Å². The molecule has 20 heavy (non-hydrogen) atoms. The second kappa shape index (κ2) is 4.90. The van der Waals surface area contributed by atoms with Crippen molar-refractivity contribution in [3.8, 4) is 0 Å². The van der Waals surface area contributed by atoms with Crippen molar-refractivity contribution in [2.45, 2.75) is 51.5 Å². The van der Waals surface area contributed by atoms with Crippen LogP contribution in [0.4, 0.5) is 0 Å². The number of hydrogen-bond donors (Lipinski definition) is 2. The van der Waals surface area contributed by atoms with Gasteiger partial charge in [0.15, 0.2) is 0 Å². The van der Waals surface area contributed by atoms with Crippen molar-refractivity contribution in [3.05, 3.63) is 12.2 Å². The molecular formula is C16H23NO3. The Bertz CT molecular complexity index is 419. The van der Waals surface area contributed by atoms with Gasteiger partial charge in [-0.05, 0) is 68.6 Å². The molecule has 0 unspecified atom stereocenters. The van der Waals surface area contributed by atoms with Crippen LogP contribution in [0, 0.1) is 23.2 Å². The molecule has 0 aromatic carbocycles. The van der Waals surface area contributed by atoms with Crippen LogP contribution >= 0.6 is 0 Å². The van der Waals surface area contributed by atoms with E-state index in [0.29, 0.717) is 0 Å². The lowest BCUT2D eigenvalue weighted by Gasteiger charge is -2.59. The Balaban J connectivity index is 1.66. The second-order valence-electron chi connectivity index (χ2n) is 7.18. The molecule has 4 saturated carbocycles. The van der Waals surface area contributed by atoms with Crippen molar-refractivity contribution < 1.29 is 14.7 Å². The molecule has 4 heteroatoms. The van der Waals surface area contributed by atoms with Gasteiger partial charge in [0.05, 0.1) is 0 Å². The molecular weight excluding hydrogens is 254 g/mol. The number of nitrogens with one attached hydrogen (secondary N) is 1. The summed E-state index contributed by atoms with van der Waals surface area (Å²) in [5.41, 5.74) is 0.265. The number of carboxylic acid groups (broad SMARTS) is 1. The van der Waals surface area contributed by atoms with Gasteiger partial charge in [0, 0.05) is 18.2 Å². The summed E-state index contributed by atoms with van der Waals surface area (Å²) in [6.45, 7) is 2.10. The third-order valence-electron chi connectivity index (χ3n) is 5.74. The highest BCUT2D eigenvalue weighted by molar-refractivity contribution is 5.94. The molecule has 4 aliphatic rings. The van der Waals surface area contributed by atoms with Crippen LogP contribution < -0.4 is 5.32 Å². The van der Waals surface area contributed by atoms with Crippen LogP contribution in [0.3, 0.4) is 0 Å². The predicted octanol–water partition coefficient (Wildman–Crippen LogP) is 2.35. The van der Waals surface area contributed by atoms with Crippen molar-refractivity contribution in [3.63, 3.8) is 0 Å². The van der Waals surface area contributed by atoms with E-state index in [1.165, 1.54) is 38.5 Å². The monoisotopic (exact) mass is 277 g/mol. The number of carbonyl (C=O) groups excluding carboxylic acids is 1. The molecule has 0 aromatic heterocycles. The third kappa shape index (κ3) is 2.48. The molecule has 0 radical (unpaired) electrons. The predicted molar refractivity (Wildman–Crippen MR) is 75.0 cm³/mol. The first-order valence-electron chi connectivity index (χ1n) is 7.68. The van der Waals surface area contributed by atoms with E-state index in [9.17, 15) is 9.59 Å². The van der Waals surface area contributed by atoms with Crippen molar-refractivity contribution in [1.82, 2.24) is 5.32 Å². The Morgan fingerprint density at radius 3 is 2.05 bits per heavy atom. The first-order chi connectivity index (χ1) is 9.47. The summed E-state index contributed by atoms with van der Waals surface area (Å²) in [6.07, 6.45) is 9.91. The first-order valence-corrected chi connectivity index (χ1v) is 7.68. The van der Waals surface area contributed by atoms with E-state index < -0.39 is 5.97 Å². The fourth-order valence-corrected chi connectivity index (χ4v) is 5.27. The maximum absolute atomic E-state index is 11.8. The van der Waals surface area contributed by atoms with Gasteiger partial charge in [-0.2, -0.15) is 0 Å². The van der Waals surface area contributed by atoms with Crippen LogP contribution in [0.1, 0.15) is 45.4 Å². The maximum atomic E-state index is 11.8. The van der Waals surface area contributed by atoms with Crippen molar-refractivity contribution in [2.24, 2.45) is 23.2 Å². The maximum Gasteiger partial charge on any atom is 0.328 e. The minimum atomic E-state index is -1.08. The van der Waals surface area contributed by atoms with Crippen LogP contribution in [0.15, 0.2) is 12.2 Å². The Morgan fingerprint density at radius 2 is 1.60 bits per heavy atom. The lowest BCUT2D eigenvalue weighted by atomic mass is 9.48. The SMILES string of the molecule is C[C@@H](NC(=O)/C=C\C(=O)O)C12CC3CC(CC(C3)C1)C2. The van der Waals surface area contributed by atoms with E-state index in [1.807, 2.05) is 0 Å². The van der Waals surface area contributed by atoms with Crippen molar-refractivity contribution in [1.29, 1.82) is 0 Å². The number of rotatable bonds is 4. The van der Waals surface area contributed by atoms with E-state index in [0.717, 1.165) is 29.9 Å². The average Bonchev–Trinajstić information content (AvgIpc) is 2.34.